The molecule has 2 nitrogen and oxygen atoms in total. The highest BCUT2D eigenvalue weighted by atomic mass is 32.1. The molecule has 0 saturated carbocycles. The van der Waals surface area contributed by atoms with Gasteiger partial charge in [-0.15, -0.1) is 11.3 Å². The van der Waals surface area contributed by atoms with Gasteiger partial charge in [-0.1, -0.05) is 12.1 Å². The van der Waals surface area contributed by atoms with Crippen LogP contribution in [0.4, 0.5) is 0 Å². The van der Waals surface area contributed by atoms with E-state index in [1.54, 1.807) is 0 Å². The van der Waals surface area contributed by atoms with Crippen LogP contribution < -0.4 is 5.32 Å². The van der Waals surface area contributed by atoms with Crippen molar-refractivity contribution < 1.29 is 0 Å². The lowest BCUT2D eigenvalue weighted by Crippen LogP contribution is -2.11. The van der Waals surface area contributed by atoms with E-state index in [1.807, 2.05) is 17.5 Å². The van der Waals surface area contributed by atoms with Gasteiger partial charge in [0.1, 0.15) is 0 Å². The van der Waals surface area contributed by atoms with Gasteiger partial charge >= 0.3 is 0 Å². The molecule has 2 N–H and O–H groups in total. The average molecular weight is 270 g/mol. The summed E-state index contributed by atoms with van der Waals surface area (Å²) in [7, 11) is 0. The minimum atomic E-state index is 0.908. The first-order valence-corrected chi connectivity index (χ1v) is 7.37. The van der Waals surface area contributed by atoms with Crippen molar-refractivity contribution in [3.05, 3.63) is 57.4 Å². The first-order valence-electron chi connectivity index (χ1n) is 6.55. The van der Waals surface area contributed by atoms with E-state index in [9.17, 15) is 0 Å². The van der Waals surface area contributed by atoms with Crippen LogP contribution in [0, 0.1) is 13.8 Å². The molecule has 3 heteroatoms. The largest absolute Gasteiger partial charge is 0.361 e. The summed E-state index contributed by atoms with van der Waals surface area (Å²) in [6.07, 6.45) is 2.00. The SMILES string of the molecule is Cc1cc(CNCc2cccc3[nH]ccc23)sc1C. The molecule has 0 amide bonds. The second-order valence-electron chi connectivity index (χ2n) is 4.91. The molecule has 2 heterocycles. The van der Waals surface area contributed by atoms with Crippen molar-refractivity contribution in [3.8, 4) is 0 Å². The van der Waals surface area contributed by atoms with Crippen LogP contribution in [0.25, 0.3) is 10.9 Å². The Morgan fingerprint density at radius 1 is 1.16 bits per heavy atom. The number of aromatic amines is 1. The molecule has 0 spiro atoms. The molecule has 98 valence electrons. The Labute approximate surface area is 117 Å². The molecule has 1 aromatic carbocycles. The van der Waals surface area contributed by atoms with Gasteiger partial charge in [0, 0.05) is 39.9 Å². The van der Waals surface area contributed by atoms with E-state index in [2.05, 4.69) is 54.5 Å². The zero-order chi connectivity index (χ0) is 13.2. The van der Waals surface area contributed by atoms with Gasteiger partial charge in [-0.2, -0.15) is 0 Å². The first kappa shape index (κ1) is 12.5. The molecule has 0 bridgehead atoms. The van der Waals surface area contributed by atoms with Gasteiger partial charge in [-0.05, 0) is 43.2 Å². The predicted octanol–water partition coefficient (Wildman–Crippen LogP) is 4.14. The van der Waals surface area contributed by atoms with Crippen LogP contribution in [0.15, 0.2) is 36.5 Å². The van der Waals surface area contributed by atoms with Crippen molar-refractivity contribution in [1.29, 1.82) is 0 Å². The maximum atomic E-state index is 3.54. The third-order valence-corrected chi connectivity index (χ3v) is 4.67. The molecule has 0 unspecified atom stereocenters. The summed E-state index contributed by atoms with van der Waals surface area (Å²) in [6, 6.07) is 10.8. The molecule has 0 atom stereocenters. The number of aromatic nitrogens is 1. The second-order valence-corrected chi connectivity index (χ2v) is 6.25. The Hall–Kier alpha value is -1.58. The van der Waals surface area contributed by atoms with Crippen LogP contribution in [0.5, 0.6) is 0 Å². The van der Waals surface area contributed by atoms with Crippen LogP contribution in [-0.2, 0) is 13.1 Å². The number of hydrogen-bond acceptors (Lipinski definition) is 2. The Morgan fingerprint density at radius 3 is 2.84 bits per heavy atom. The number of benzene rings is 1. The number of hydrogen-bond donors (Lipinski definition) is 2. The quantitative estimate of drug-likeness (QED) is 0.733. The lowest BCUT2D eigenvalue weighted by Gasteiger charge is -2.05. The zero-order valence-corrected chi connectivity index (χ0v) is 12.1. The minimum Gasteiger partial charge on any atom is -0.361 e. The highest BCUT2D eigenvalue weighted by molar-refractivity contribution is 7.12. The number of aryl methyl sites for hydroxylation is 2. The monoisotopic (exact) mass is 270 g/mol. The van der Waals surface area contributed by atoms with Crippen molar-refractivity contribution in [2.75, 3.05) is 0 Å². The Bertz CT molecular complexity index is 674. The van der Waals surface area contributed by atoms with E-state index < -0.39 is 0 Å². The van der Waals surface area contributed by atoms with Gasteiger partial charge < -0.3 is 10.3 Å². The fourth-order valence-corrected chi connectivity index (χ4v) is 3.38. The topological polar surface area (TPSA) is 27.8 Å². The predicted molar refractivity (Wildman–Crippen MR) is 82.6 cm³/mol. The summed E-state index contributed by atoms with van der Waals surface area (Å²) in [5.41, 5.74) is 3.96. The van der Waals surface area contributed by atoms with Crippen LogP contribution >= 0.6 is 11.3 Å². The molecule has 0 aliphatic carbocycles. The molecule has 0 aliphatic heterocycles. The third-order valence-electron chi connectivity index (χ3n) is 3.52. The average Bonchev–Trinajstić information content (AvgIpc) is 2.98. The lowest BCUT2D eigenvalue weighted by atomic mass is 10.1. The first-order chi connectivity index (χ1) is 9.24. The summed E-state index contributed by atoms with van der Waals surface area (Å²) in [5.74, 6) is 0. The second kappa shape index (κ2) is 5.19. The molecule has 0 saturated heterocycles. The zero-order valence-electron chi connectivity index (χ0n) is 11.3. The molecule has 2 aromatic heterocycles. The van der Waals surface area contributed by atoms with Gasteiger partial charge in [0.25, 0.3) is 0 Å². The minimum absolute atomic E-state index is 0.908. The molecule has 0 radical (unpaired) electrons. The van der Waals surface area contributed by atoms with E-state index in [0.717, 1.165) is 13.1 Å². The number of thiophene rings is 1. The molecule has 19 heavy (non-hydrogen) atoms. The Morgan fingerprint density at radius 2 is 2.05 bits per heavy atom. The number of nitrogens with one attached hydrogen (secondary N) is 2. The Balaban J connectivity index is 1.68. The highest BCUT2D eigenvalue weighted by Gasteiger charge is 2.03. The van der Waals surface area contributed by atoms with Gasteiger partial charge in [-0.25, -0.2) is 0 Å². The fourth-order valence-electron chi connectivity index (χ4n) is 2.36. The van der Waals surface area contributed by atoms with Gasteiger partial charge in [0.05, 0.1) is 0 Å². The Kier molecular flexibility index (Phi) is 3.40. The summed E-state index contributed by atoms with van der Waals surface area (Å²) < 4.78 is 0. The van der Waals surface area contributed by atoms with Crippen molar-refractivity contribution in [2.45, 2.75) is 26.9 Å². The van der Waals surface area contributed by atoms with Crippen LogP contribution in [0.3, 0.4) is 0 Å². The number of fused-ring (bicyclic) bond motifs is 1. The molecule has 0 fully saturated rings. The summed E-state index contributed by atoms with van der Waals surface area (Å²) in [4.78, 5) is 6.09. The molecule has 3 aromatic rings. The summed E-state index contributed by atoms with van der Waals surface area (Å²) in [5, 5.41) is 4.85. The standard InChI is InChI=1S/C16H18N2S/c1-11-8-14(19-12(11)2)10-17-9-13-4-3-5-16-15(13)6-7-18-16/h3-8,17-18H,9-10H2,1-2H3. The van der Waals surface area contributed by atoms with Crippen LogP contribution in [0.2, 0.25) is 0 Å². The normalized spacial score (nSPS) is 11.3. The molecular formula is C16H18N2S. The van der Waals surface area contributed by atoms with Crippen LogP contribution in [-0.4, -0.2) is 4.98 Å². The van der Waals surface area contributed by atoms with E-state index in [1.165, 1.54) is 31.8 Å². The molecule has 3 rings (SSSR count). The molecular weight excluding hydrogens is 252 g/mol. The van der Waals surface area contributed by atoms with E-state index in [4.69, 9.17) is 0 Å². The van der Waals surface area contributed by atoms with Crippen molar-refractivity contribution in [1.82, 2.24) is 10.3 Å². The van der Waals surface area contributed by atoms with Crippen LogP contribution in [0.1, 0.15) is 20.9 Å². The van der Waals surface area contributed by atoms with Crippen molar-refractivity contribution in [2.24, 2.45) is 0 Å². The summed E-state index contributed by atoms with van der Waals surface area (Å²) >= 11 is 1.89. The van der Waals surface area contributed by atoms with Gasteiger partial charge in [0.2, 0.25) is 0 Å². The lowest BCUT2D eigenvalue weighted by molar-refractivity contribution is 0.704. The maximum absolute atomic E-state index is 3.54. The highest BCUT2D eigenvalue weighted by Crippen LogP contribution is 2.21. The maximum Gasteiger partial charge on any atom is 0.0457 e. The van der Waals surface area contributed by atoms with E-state index >= 15 is 0 Å². The van der Waals surface area contributed by atoms with E-state index in [0.29, 0.717) is 0 Å². The van der Waals surface area contributed by atoms with Crippen molar-refractivity contribution in [3.63, 3.8) is 0 Å². The number of H-pyrrole nitrogens is 1. The van der Waals surface area contributed by atoms with E-state index in [-0.39, 0.29) is 0 Å². The summed E-state index contributed by atoms with van der Waals surface area (Å²) in [6.45, 7) is 6.21. The van der Waals surface area contributed by atoms with Crippen molar-refractivity contribution >= 4 is 22.2 Å². The smallest absolute Gasteiger partial charge is 0.0457 e. The third kappa shape index (κ3) is 2.57. The number of rotatable bonds is 4. The molecule has 0 aliphatic rings. The fraction of sp³-hybridized carbons (Fsp3) is 0.250. The van der Waals surface area contributed by atoms with Gasteiger partial charge in [0.15, 0.2) is 0 Å². The van der Waals surface area contributed by atoms with Gasteiger partial charge in [-0.3, -0.25) is 0 Å².